The number of nitrogens with one attached hydrogen (secondary N) is 2. The monoisotopic (exact) mass is 768 g/mol. The van der Waals surface area contributed by atoms with Crippen LogP contribution >= 0.6 is 11.3 Å². The van der Waals surface area contributed by atoms with Crippen LogP contribution in [0.3, 0.4) is 0 Å². The highest BCUT2D eigenvalue weighted by atomic mass is 32.1. The van der Waals surface area contributed by atoms with Gasteiger partial charge in [-0.15, -0.1) is 11.3 Å². The number of carbonyl (C=O) groups excluding carboxylic acids is 2. The maximum atomic E-state index is 14.6. The fourth-order valence-electron chi connectivity index (χ4n) is 8.74. The minimum Gasteiger partial charge on any atom is -0.479 e. The van der Waals surface area contributed by atoms with E-state index in [1.165, 1.54) is 42.7 Å². The van der Waals surface area contributed by atoms with Crippen molar-refractivity contribution in [2.75, 3.05) is 11.9 Å². The van der Waals surface area contributed by atoms with Crippen LogP contribution in [0.2, 0.25) is 0 Å². The third kappa shape index (κ3) is 7.47. The van der Waals surface area contributed by atoms with Gasteiger partial charge in [0.15, 0.2) is 0 Å². The molecule has 11 nitrogen and oxygen atoms in total. The molecule has 0 radical (unpaired) electrons. The molecule has 5 atom stereocenters. The van der Waals surface area contributed by atoms with Crippen LogP contribution in [0.1, 0.15) is 102 Å². The number of aromatic nitrogens is 3. The van der Waals surface area contributed by atoms with Crippen molar-refractivity contribution in [2.24, 2.45) is 5.92 Å². The number of thiazole rings is 1. The predicted molar refractivity (Wildman–Crippen MR) is 210 cm³/mol. The number of aliphatic carboxylic acids is 1. The van der Waals surface area contributed by atoms with E-state index in [-0.39, 0.29) is 37.3 Å². The Hall–Kier alpha value is -4.78. The quantitative estimate of drug-likeness (QED) is 0.154. The number of rotatable bonds is 8. The Kier molecular flexibility index (Phi) is 10.4. The van der Waals surface area contributed by atoms with E-state index in [0.29, 0.717) is 24.0 Å². The van der Waals surface area contributed by atoms with Crippen molar-refractivity contribution in [2.45, 2.75) is 120 Å². The number of nitrogens with zero attached hydrogens (tertiary/aromatic N) is 4. The molecule has 0 bridgehead atoms. The molecule has 4 aliphatic rings. The molecule has 8 rings (SSSR count). The molecule has 55 heavy (non-hydrogen) atoms. The fraction of sp³-hybridized carbons (Fsp3) is 0.500. The van der Waals surface area contributed by atoms with Gasteiger partial charge in [-0.2, -0.15) is 4.98 Å². The lowest BCUT2D eigenvalue weighted by Gasteiger charge is -2.30. The molecule has 2 amide bonds. The van der Waals surface area contributed by atoms with Gasteiger partial charge in [-0.3, -0.25) is 14.2 Å². The number of amides is 2. The molecule has 4 heterocycles. The minimum absolute atomic E-state index is 0.0208. The van der Waals surface area contributed by atoms with Crippen LogP contribution < -0.4 is 15.4 Å². The summed E-state index contributed by atoms with van der Waals surface area (Å²) < 4.78 is 23.0. The van der Waals surface area contributed by atoms with Crippen molar-refractivity contribution >= 4 is 45.8 Å². The number of anilines is 1. The van der Waals surface area contributed by atoms with Crippen LogP contribution in [0.4, 0.5) is 10.1 Å². The number of allylic oxidation sites excluding steroid dienone is 1. The fourth-order valence-corrected chi connectivity index (χ4v) is 9.67. The number of hydrogen-bond donors (Lipinski definition) is 3. The summed E-state index contributed by atoms with van der Waals surface area (Å²) >= 11 is 1.63. The van der Waals surface area contributed by atoms with Gasteiger partial charge in [-0.05, 0) is 82.7 Å². The summed E-state index contributed by atoms with van der Waals surface area (Å²) in [4.78, 5) is 53.0. The zero-order chi connectivity index (χ0) is 38.3. The maximum Gasteiger partial charge on any atom is 0.330 e. The summed E-state index contributed by atoms with van der Waals surface area (Å²) in [5, 5.41) is 19.5. The smallest absolute Gasteiger partial charge is 0.330 e. The molecule has 2 saturated carbocycles. The molecule has 3 fully saturated rings. The van der Waals surface area contributed by atoms with Crippen molar-refractivity contribution in [1.82, 2.24) is 24.8 Å². The molecular formula is C42H49FN6O5S. The van der Waals surface area contributed by atoms with E-state index in [9.17, 15) is 23.9 Å². The van der Waals surface area contributed by atoms with E-state index in [2.05, 4.69) is 29.9 Å². The number of halogens is 1. The lowest BCUT2D eigenvalue weighted by atomic mass is 10.0. The van der Waals surface area contributed by atoms with Crippen molar-refractivity contribution in [3.63, 3.8) is 0 Å². The number of carbonyl (C=O) groups is 3. The van der Waals surface area contributed by atoms with Gasteiger partial charge in [-0.1, -0.05) is 50.0 Å². The van der Waals surface area contributed by atoms with Crippen molar-refractivity contribution in [3.8, 4) is 16.6 Å². The SMILES string of the molecule is CC(C)n1c(O[C@@H]2C[C@H]3C(=O)N[C@]4(C(=O)O)C[C@H]4/C=C\CCCCC[C@H](Nc4cccc(F)c4)C(=O)N3C2)nc2c(-c3nc(C4CCCC4)cs3)cccc21. The van der Waals surface area contributed by atoms with Gasteiger partial charge in [-0.25, -0.2) is 14.2 Å². The lowest BCUT2D eigenvalue weighted by Crippen LogP contribution is -2.55. The number of para-hydroxylation sites is 1. The summed E-state index contributed by atoms with van der Waals surface area (Å²) in [6.07, 6.45) is 12.3. The number of carboxylic acids is 1. The third-order valence-electron chi connectivity index (χ3n) is 11.8. The van der Waals surface area contributed by atoms with Gasteiger partial charge in [0.1, 0.15) is 40.1 Å². The summed E-state index contributed by atoms with van der Waals surface area (Å²) in [6.45, 7) is 4.21. The highest BCUT2D eigenvalue weighted by molar-refractivity contribution is 7.13. The van der Waals surface area contributed by atoms with E-state index in [0.717, 1.165) is 53.0 Å². The van der Waals surface area contributed by atoms with Crippen LogP contribution in [0.15, 0.2) is 60.0 Å². The molecule has 0 unspecified atom stereocenters. The lowest BCUT2D eigenvalue weighted by molar-refractivity contribution is -0.145. The molecule has 1 saturated heterocycles. The van der Waals surface area contributed by atoms with Crippen molar-refractivity contribution < 1.29 is 28.6 Å². The second kappa shape index (κ2) is 15.4. The van der Waals surface area contributed by atoms with Gasteiger partial charge in [0.25, 0.3) is 6.01 Å². The molecular weight excluding hydrogens is 720 g/mol. The van der Waals surface area contributed by atoms with Gasteiger partial charge >= 0.3 is 5.97 Å². The summed E-state index contributed by atoms with van der Waals surface area (Å²) in [7, 11) is 0. The van der Waals surface area contributed by atoms with Gasteiger partial charge in [0.2, 0.25) is 11.8 Å². The van der Waals surface area contributed by atoms with Crippen LogP contribution in [0.5, 0.6) is 6.01 Å². The number of benzene rings is 2. The zero-order valence-electron chi connectivity index (χ0n) is 31.4. The standard InChI is InChI=1S/C42H49FN6O5S/c1-25(2)49-34-19-11-17-31(38-45-33(24-55-38)26-12-8-9-13-26)36(34)46-41(49)54-30-21-35-37(50)47-42(40(52)53)22-27(42)14-6-4-3-5-7-18-32(39(51)48(35)23-30)44-29-16-10-15-28(43)20-29/h6,10-11,14-17,19-20,24-27,30,32,35,44H,3-5,7-9,12-13,18,21-23H2,1-2H3,(H,47,50)(H,52,53)/b14-6-/t27-,30-,32+,35+,42-/m1/s1. The second-order valence-corrected chi connectivity index (χ2v) is 16.8. The Balaban J connectivity index is 1.11. The molecule has 290 valence electrons. The minimum atomic E-state index is -1.42. The zero-order valence-corrected chi connectivity index (χ0v) is 32.2. The van der Waals surface area contributed by atoms with Gasteiger partial charge in [0, 0.05) is 40.9 Å². The Morgan fingerprint density at radius 1 is 1.07 bits per heavy atom. The Morgan fingerprint density at radius 2 is 1.87 bits per heavy atom. The Bertz CT molecular complexity index is 2110. The first kappa shape index (κ1) is 37.2. The highest BCUT2D eigenvalue weighted by Gasteiger charge is 2.61. The van der Waals surface area contributed by atoms with Gasteiger partial charge < -0.3 is 25.4 Å². The number of ether oxygens (including phenoxy) is 1. The summed E-state index contributed by atoms with van der Waals surface area (Å²) in [6, 6.07) is 10.7. The Morgan fingerprint density at radius 3 is 2.65 bits per heavy atom. The van der Waals surface area contributed by atoms with E-state index in [4.69, 9.17) is 14.7 Å². The van der Waals surface area contributed by atoms with E-state index in [1.54, 1.807) is 23.5 Å². The average molecular weight is 769 g/mol. The first-order valence-corrected chi connectivity index (χ1v) is 20.7. The molecule has 3 N–H and O–H groups in total. The highest BCUT2D eigenvalue weighted by Crippen LogP contribution is 2.46. The maximum absolute atomic E-state index is 14.6. The molecule has 13 heteroatoms. The van der Waals surface area contributed by atoms with Crippen LogP contribution in [0, 0.1) is 11.7 Å². The largest absolute Gasteiger partial charge is 0.479 e. The molecule has 2 aromatic heterocycles. The first-order chi connectivity index (χ1) is 26.6. The topological polar surface area (TPSA) is 139 Å². The van der Waals surface area contributed by atoms with Crippen LogP contribution in [-0.2, 0) is 14.4 Å². The van der Waals surface area contributed by atoms with Crippen LogP contribution in [0.25, 0.3) is 21.6 Å². The van der Waals surface area contributed by atoms with E-state index < -0.39 is 41.4 Å². The third-order valence-corrected chi connectivity index (χ3v) is 12.7. The summed E-state index contributed by atoms with van der Waals surface area (Å²) in [5.41, 5.74) is 2.80. The average Bonchev–Trinajstić information content (AvgIpc) is 3.75. The molecule has 2 aliphatic carbocycles. The molecule has 4 aromatic rings. The predicted octanol–water partition coefficient (Wildman–Crippen LogP) is 7.85. The molecule has 0 spiro atoms. The Labute approximate surface area is 324 Å². The number of imidazole rings is 1. The molecule has 2 aromatic carbocycles. The van der Waals surface area contributed by atoms with E-state index in [1.807, 2.05) is 34.9 Å². The van der Waals surface area contributed by atoms with E-state index >= 15 is 0 Å². The summed E-state index contributed by atoms with van der Waals surface area (Å²) in [5.74, 6) is -2.19. The number of hydrogen-bond acceptors (Lipinski definition) is 8. The first-order valence-electron chi connectivity index (χ1n) is 19.8. The molecule has 2 aliphatic heterocycles. The van der Waals surface area contributed by atoms with Crippen molar-refractivity contribution in [3.05, 3.63) is 71.5 Å². The number of carboxylic acid groups (broad SMARTS) is 1. The van der Waals surface area contributed by atoms with Gasteiger partial charge in [0.05, 0.1) is 17.8 Å². The normalized spacial score (nSPS) is 26.9. The number of fused-ring (bicyclic) bond motifs is 3. The van der Waals surface area contributed by atoms with Crippen molar-refractivity contribution in [1.29, 1.82) is 0 Å². The van der Waals surface area contributed by atoms with Crippen LogP contribution in [-0.4, -0.2) is 72.6 Å². The second-order valence-electron chi connectivity index (χ2n) is 15.9.